The first kappa shape index (κ1) is 15.1. The van der Waals surface area contributed by atoms with Gasteiger partial charge in [0.25, 0.3) is 0 Å². The fraction of sp³-hybridized carbons (Fsp3) is 0.444. The Morgan fingerprint density at radius 3 is 2.71 bits per heavy atom. The van der Waals surface area contributed by atoms with E-state index in [1.807, 2.05) is 37.8 Å². The van der Waals surface area contributed by atoms with Crippen molar-refractivity contribution in [1.82, 2.24) is 24.7 Å². The van der Waals surface area contributed by atoms with E-state index in [9.17, 15) is 0 Å². The lowest BCUT2D eigenvalue weighted by Gasteiger charge is -2.21. The molecule has 1 N–H and O–H groups in total. The molecule has 0 saturated heterocycles. The highest BCUT2D eigenvalue weighted by Gasteiger charge is 2.35. The van der Waals surface area contributed by atoms with E-state index in [2.05, 4.69) is 38.4 Å². The van der Waals surface area contributed by atoms with Crippen LogP contribution in [0.3, 0.4) is 0 Å². The molecule has 0 aromatic carbocycles. The molecule has 1 saturated carbocycles. The van der Waals surface area contributed by atoms with E-state index >= 15 is 0 Å². The molecule has 24 heavy (non-hydrogen) atoms. The highest BCUT2D eigenvalue weighted by atomic mass is 15.3. The standard InChI is InChI=1S/C18H22N6/c1-10-6-5-9-19-15(10)16(13-7-8-13)22-17-14-11(2)23-24(4)18(14)21-12(3)20-17/h5-6,9,13,16H,7-8H2,1-4H3,(H,20,21,22). The van der Waals surface area contributed by atoms with Gasteiger partial charge < -0.3 is 5.32 Å². The molecule has 1 unspecified atom stereocenters. The lowest BCUT2D eigenvalue weighted by molar-refractivity contribution is 0.650. The fourth-order valence-corrected chi connectivity index (χ4v) is 3.36. The quantitative estimate of drug-likeness (QED) is 0.798. The van der Waals surface area contributed by atoms with E-state index in [-0.39, 0.29) is 6.04 Å². The summed E-state index contributed by atoms with van der Waals surface area (Å²) in [7, 11) is 1.92. The smallest absolute Gasteiger partial charge is 0.163 e. The fourth-order valence-electron chi connectivity index (χ4n) is 3.36. The molecule has 3 aromatic rings. The van der Waals surface area contributed by atoms with Gasteiger partial charge in [-0.05, 0) is 51.2 Å². The van der Waals surface area contributed by atoms with Crippen LogP contribution in [-0.4, -0.2) is 24.7 Å². The molecule has 0 spiro atoms. The average Bonchev–Trinajstić information content (AvgIpc) is 3.33. The van der Waals surface area contributed by atoms with Crippen LogP contribution in [0.1, 0.15) is 41.7 Å². The predicted octanol–water partition coefficient (Wildman–Crippen LogP) is 3.25. The van der Waals surface area contributed by atoms with E-state index in [1.54, 1.807) is 0 Å². The summed E-state index contributed by atoms with van der Waals surface area (Å²) >= 11 is 0. The Morgan fingerprint density at radius 1 is 1.21 bits per heavy atom. The average molecular weight is 322 g/mol. The molecule has 1 atom stereocenters. The maximum absolute atomic E-state index is 4.68. The molecule has 6 nitrogen and oxygen atoms in total. The number of aryl methyl sites for hydroxylation is 4. The molecular weight excluding hydrogens is 300 g/mol. The molecule has 0 bridgehead atoms. The van der Waals surface area contributed by atoms with Gasteiger partial charge in [0.2, 0.25) is 0 Å². The molecule has 3 heterocycles. The zero-order chi connectivity index (χ0) is 16.8. The van der Waals surface area contributed by atoms with Gasteiger partial charge in [0.05, 0.1) is 22.8 Å². The molecule has 1 fully saturated rings. The minimum Gasteiger partial charge on any atom is -0.361 e. The number of aromatic nitrogens is 5. The molecule has 0 radical (unpaired) electrons. The summed E-state index contributed by atoms with van der Waals surface area (Å²) in [6.45, 7) is 6.05. The first-order valence-electron chi connectivity index (χ1n) is 8.40. The van der Waals surface area contributed by atoms with Crippen LogP contribution in [0.5, 0.6) is 0 Å². The minimum absolute atomic E-state index is 0.184. The van der Waals surface area contributed by atoms with Crippen molar-refractivity contribution < 1.29 is 0 Å². The van der Waals surface area contributed by atoms with Crippen LogP contribution in [-0.2, 0) is 7.05 Å². The third-order valence-electron chi connectivity index (χ3n) is 4.70. The molecule has 4 rings (SSSR count). The van der Waals surface area contributed by atoms with Crippen molar-refractivity contribution in [3.63, 3.8) is 0 Å². The summed E-state index contributed by atoms with van der Waals surface area (Å²) in [5.74, 6) is 2.23. The Kier molecular flexibility index (Phi) is 3.48. The zero-order valence-electron chi connectivity index (χ0n) is 14.5. The molecule has 0 amide bonds. The lowest BCUT2D eigenvalue weighted by Crippen LogP contribution is -2.17. The van der Waals surface area contributed by atoms with E-state index in [4.69, 9.17) is 0 Å². The van der Waals surface area contributed by atoms with Crippen molar-refractivity contribution in [2.75, 3.05) is 5.32 Å². The maximum atomic E-state index is 4.68. The van der Waals surface area contributed by atoms with Gasteiger partial charge in [-0.1, -0.05) is 6.07 Å². The zero-order valence-corrected chi connectivity index (χ0v) is 14.5. The Morgan fingerprint density at radius 2 is 2.00 bits per heavy atom. The van der Waals surface area contributed by atoms with Gasteiger partial charge in [-0.2, -0.15) is 5.10 Å². The third-order valence-corrected chi connectivity index (χ3v) is 4.70. The van der Waals surface area contributed by atoms with E-state index in [0.29, 0.717) is 5.92 Å². The summed E-state index contributed by atoms with van der Waals surface area (Å²) in [5.41, 5.74) is 4.15. The van der Waals surface area contributed by atoms with E-state index in [1.165, 1.54) is 18.4 Å². The van der Waals surface area contributed by atoms with Crippen LogP contribution in [0.15, 0.2) is 18.3 Å². The number of nitrogens with zero attached hydrogens (tertiary/aromatic N) is 5. The number of hydrogen-bond donors (Lipinski definition) is 1. The Balaban J connectivity index is 1.81. The highest BCUT2D eigenvalue weighted by molar-refractivity contribution is 5.89. The highest BCUT2D eigenvalue weighted by Crippen LogP contribution is 2.43. The van der Waals surface area contributed by atoms with Gasteiger partial charge in [0.1, 0.15) is 11.6 Å². The Bertz CT molecular complexity index is 909. The lowest BCUT2D eigenvalue weighted by atomic mass is 10.0. The van der Waals surface area contributed by atoms with Crippen LogP contribution in [0.2, 0.25) is 0 Å². The van der Waals surface area contributed by atoms with Crippen molar-refractivity contribution in [3.05, 3.63) is 41.1 Å². The second-order valence-electron chi connectivity index (χ2n) is 6.69. The van der Waals surface area contributed by atoms with Gasteiger partial charge in [0.15, 0.2) is 5.65 Å². The van der Waals surface area contributed by atoms with Gasteiger partial charge in [0, 0.05) is 13.2 Å². The number of fused-ring (bicyclic) bond motifs is 1. The summed E-state index contributed by atoms with van der Waals surface area (Å²) in [6.07, 6.45) is 4.33. The van der Waals surface area contributed by atoms with Gasteiger partial charge in [-0.25, -0.2) is 9.97 Å². The third kappa shape index (κ3) is 2.52. The number of rotatable bonds is 4. The van der Waals surface area contributed by atoms with Crippen LogP contribution >= 0.6 is 0 Å². The van der Waals surface area contributed by atoms with Crippen molar-refractivity contribution >= 4 is 16.9 Å². The Hall–Kier alpha value is -2.50. The largest absolute Gasteiger partial charge is 0.361 e. The molecule has 1 aliphatic carbocycles. The molecular formula is C18H22N6. The van der Waals surface area contributed by atoms with E-state index < -0.39 is 0 Å². The van der Waals surface area contributed by atoms with Gasteiger partial charge in [-0.3, -0.25) is 9.67 Å². The number of anilines is 1. The van der Waals surface area contributed by atoms with Crippen LogP contribution in [0.4, 0.5) is 5.82 Å². The predicted molar refractivity (Wildman–Crippen MR) is 93.8 cm³/mol. The molecule has 0 aliphatic heterocycles. The summed E-state index contributed by atoms with van der Waals surface area (Å²) < 4.78 is 1.82. The van der Waals surface area contributed by atoms with Gasteiger partial charge >= 0.3 is 0 Å². The van der Waals surface area contributed by atoms with Crippen molar-refractivity contribution in [2.45, 2.75) is 39.7 Å². The first-order chi connectivity index (χ1) is 11.5. The van der Waals surface area contributed by atoms with Crippen LogP contribution < -0.4 is 5.32 Å². The number of pyridine rings is 1. The van der Waals surface area contributed by atoms with Crippen LogP contribution in [0, 0.1) is 26.7 Å². The maximum Gasteiger partial charge on any atom is 0.163 e. The molecule has 124 valence electrons. The normalized spacial score (nSPS) is 15.7. The minimum atomic E-state index is 0.184. The second-order valence-corrected chi connectivity index (χ2v) is 6.69. The topological polar surface area (TPSA) is 68.5 Å². The summed E-state index contributed by atoms with van der Waals surface area (Å²) in [6, 6.07) is 4.29. The Labute approximate surface area is 141 Å². The van der Waals surface area contributed by atoms with Crippen LogP contribution in [0.25, 0.3) is 11.0 Å². The SMILES string of the molecule is Cc1nc(NC(c2ncccc2C)C2CC2)c2c(C)nn(C)c2n1. The van der Waals surface area contributed by atoms with Crippen molar-refractivity contribution in [2.24, 2.45) is 13.0 Å². The van der Waals surface area contributed by atoms with Gasteiger partial charge in [-0.15, -0.1) is 0 Å². The molecule has 6 heteroatoms. The van der Waals surface area contributed by atoms with Crippen molar-refractivity contribution in [1.29, 1.82) is 0 Å². The first-order valence-corrected chi connectivity index (χ1v) is 8.40. The summed E-state index contributed by atoms with van der Waals surface area (Å²) in [5, 5.41) is 9.18. The number of hydrogen-bond acceptors (Lipinski definition) is 5. The molecule has 3 aromatic heterocycles. The summed E-state index contributed by atoms with van der Waals surface area (Å²) in [4.78, 5) is 13.9. The van der Waals surface area contributed by atoms with Crippen molar-refractivity contribution in [3.8, 4) is 0 Å². The second kappa shape index (κ2) is 5.54. The molecule has 1 aliphatic rings. The van der Waals surface area contributed by atoms with E-state index in [0.717, 1.165) is 34.1 Å². The monoisotopic (exact) mass is 322 g/mol. The number of nitrogens with one attached hydrogen (secondary N) is 1.